The molecular weight excluding hydrogens is 342 g/mol. The van der Waals surface area contributed by atoms with Crippen LogP contribution in [0.2, 0.25) is 0 Å². The standard InChI is InChI=1S/C22H27NO2S/c1-25-21-9-5-17(6-10-21)15-18-11-13-23(14-12-18)22(24)20-7-3-19(4-8-20)16-26-2/h3-10,18H,11-16H2,1-2H3. The second kappa shape index (κ2) is 9.13. The molecule has 1 saturated heterocycles. The van der Waals surface area contributed by atoms with Gasteiger partial charge in [-0.2, -0.15) is 11.8 Å². The van der Waals surface area contributed by atoms with Crippen LogP contribution in [0.5, 0.6) is 5.75 Å². The van der Waals surface area contributed by atoms with Crippen LogP contribution in [0.3, 0.4) is 0 Å². The van der Waals surface area contributed by atoms with E-state index in [1.165, 1.54) is 11.1 Å². The maximum Gasteiger partial charge on any atom is 0.253 e. The van der Waals surface area contributed by atoms with E-state index in [0.29, 0.717) is 5.92 Å². The average Bonchev–Trinajstić information content (AvgIpc) is 2.69. The second-order valence-electron chi connectivity index (χ2n) is 6.92. The lowest BCUT2D eigenvalue weighted by Crippen LogP contribution is -2.38. The van der Waals surface area contributed by atoms with Crippen molar-refractivity contribution >= 4 is 17.7 Å². The Balaban J connectivity index is 1.51. The summed E-state index contributed by atoms with van der Waals surface area (Å²) in [4.78, 5) is 14.7. The van der Waals surface area contributed by atoms with Crippen molar-refractivity contribution in [3.8, 4) is 5.75 Å². The molecule has 26 heavy (non-hydrogen) atoms. The third kappa shape index (κ3) is 4.82. The maximum absolute atomic E-state index is 12.7. The summed E-state index contributed by atoms with van der Waals surface area (Å²) in [5, 5.41) is 0. The molecule has 0 spiro atoms. The average molecular weight is 370 g/mol. The van der Waals surface area contributed by atoms with Gasteiger partial charge < -0.3 is 9.64 Å². The molecule has 3 nitrogen and oxygen atoms in total. The van der Waals surface area contributed by atoms with Gasteiger partial charge >= 0.3 is 0 Å². The molecule has 1 heterocycles. The van der Waals surface area contributed by atoms with Gasteiger partial charge in [0.2, 0.25) is 0 Å². The van der Waals surface area contributed by atoms with E-state index < -0.39 is 0 Å². The quantitative estimate of drug-likeness (QED) is 0.742. The molecule has 0 aliphatic carbocycles. The molecule has 1 aliphatic heterocycles. The predicted molar refractivity (Wildman–Crippen MR) is 109 cm³/mol. The molecular formula is C22H27NO2S. The molecule has 1 amide bonds. The zero-order valence-electron chi connectivity index (χ0n) is 15.6. The molecule has 2 aromatic rings. The fraction of sp³-hybridized carbons (Fsp3) is 0.409. The van der Waals surface area contributed by atoms with Gasteiger partial charge in [-0.3, -0.25) is 4.79 Å². The van der Waals surface area contributed by atoms with Gasteiger partial charge in [-0.05, 0) is 66.8 Å². The largest absolute Gasteiger partial charge is 0.497 e. The van der Waals surface area contributed by atoms with Gasteiger partial charge in [0.1, 0.15) is 5.75 Å². The number of likely N-dealkylation sites (tertiary alicyclic amines) is 1. The molecule has 0 aromatic heterocycles. The Kier molecular flexibility index (Phi) is 6.62. The Labute approximate surface area is 160 Å². The molecule has 0 unspecified atom stereocenters. The molecule has 2 aromatic carbocycles. The van der Waals surface area contributed by atoms with Gasteiger partial charge in [0.05, 0.1) is 7.11 Å². The van der Waals surface area contributed by atoms with E-state index in [9.17, 15) is 4.79 Å². The van der Waals surface area contributed by atoms with Gasteiger partial charge in [0, 0.05) is 24.4 Å². The fourth-order valence-electron chi connectivity index (χ4n) is 3.53. The van der Waals surface area contributed by atoms with Crippen LogP contribution in [0, 0.1) is 5.92 Å². The topological polar surface area (TPSA) is 29.5 Å². The first-order valence-electron chi connectivity index (χ1n) is 9.19. The van der Waals surface area contributed by atoms with Crippen LogP contribution >= 0.6 is 11.8 Å². The molecule has 1 fully saturated rings. The summed E-state index contributed by atoms with van der Waals surface area (Å²) in [6, 6.07) is 16.4. The van der Waals surface area contributed by atoms with Crippen molar-refractivity contribution in [2.45, 2.75) is 25.0 Å². The predicted octanol–water partition coefficient (Wildman–Crippen LogP) is 4.65. The smallest absolute Gasteiger partial charge is 0.253 e. The minimum atomic E-state index is 0.170. The van der Waals surface area contributed by atoms with E-state index in [2.05, 4.69) is 30.5 Å². The van der Waals surface area contributed by atoms with E-state index in [1.54, 1.807) is 18.9 Å². The lowest BCUT2D eigenvalue weighted by atomic mass is 9.90. The summed E-state index contributed by atoms with van der Waals surface area (Å²) in [5.74, 6) is 2.71. The van der Waals surface area contributed by atoms with Crippen molar-refractivity contribution in [2.24, 2.45) is 5.92 Å². The summed E-state index contributed by atoms with van der Waals surface area (Å²) in [7, 11) is 1.69. The van der Waals surface area contributed by atoms with E-state index in [1.807, 2.05) is 29.2 Å². The van der Waals surface area contributed by atoms with Crippen molar-refractivity contribution in [2.75, 3.05) is 26.5 Å². The van der Waals surface area contributed by atoms with Gasteiger partial charge in [-0.15, -0.1) is 0 Å². The summed E-state index contributed by atoms with van der Waals surface area (Å²) >= 11 is 1.80. The van der Waals surface area contributed by atoms with E-state index in [4.69, 9.17) is 4.74 Å². The Bertz CT molecular complexity index is 704. The molecule has 3 rings (SSSR count). The SMILES string of the molecule is COc1ccc(CC2CCN(C(=O)c3ccc(CSC)cc3)CC2)cc1. The van der Waals surface area contributed by atoms with Crippen LogP contribution < -0.4 is 4.74 Å². The lowest BCUT2D eigenvalue weighted by Gasteiger charge is -2.32. The number of carbonyl (C=O) groups excluding carboxylic acids is 1. The summed E-state index contributed by atoms with van der Waals surface area (Å²) in [6.07, 6.45) is 5.31. The number of nitrogens with zero attached hydrogens (tertiary/aromatic N) is 1. The molecule has 0 N–H and O–H groups in total. The molecule has 0 radical (unpaired) electrons. The van der Waals surface area contributed by atoms with Gasteiger partial charge in [0.15, 0.2) is 0 Å². The third-order valence-corrected chi connectivity index (χ3v) is 5.72. The fourth-order valence-corrected chi connectivity index (χ4v) is 4.05. The van der Waals surface area contributed by atoms with Gasteiger partial charge in [0.25, 0.3) is 5.91 Å². The van der Waals surface area contributed by atoms with Gasteiger partial charge in [-0.1, -0.05) is 24.3 Å². The van der Waals surface area contributed by atoms with Crippen LogP contribution in [-0.2, 0) is 12.2 Å². The molecule has 0 bridgehead atoms. The Morgan fingerprint density at radius 2 is 1.65 bits per heavy atom. The zero-order chi connectivity index (χ0) is 18.4. The Morgan fingerprint density at radius 1 is 1.04 bits per heavy atom. The van der Waals surface area contributed by atoms with Crippen molar-refractivity contribution in [1.29, 1.82) is 0 Å². The summed E-state index contributed by atoms with van der Waals surface area (Å²) in [5.41, 5.74) is 3.43. The van der Waals surface area contributed by atoms with Crippen LogP contribution in [0.1, 0.15) is 34.3 Å². The van der Waals surface area contributed by atoms with Crippen molar-refractivity contribution in [3.63, 3.8) is 0 Å². The van der Waals surface area contributed by atoms with E-state index in [0.717, 1.165) is 49.4 Å². The molecule has 1 aliphatic rings. The highest BCUT2D eigenvalue weighted by Crippen LogP contribution is 2.24. The number of carbonyl (C=O) groups is 1. The minimum Gasteiger partial charge on any atom is -0.497 e. The highest BCUT2D eigenvalue weighted by atomic mass is 32.2. The zero-order valence-corrected chi connectivity index (χ0v) is 16.4. The maximum atomic E-state index is 12.7. The number of amides is 1. The van der Waals surface area contributed by atoms with Crippen LogP contribution in [-0.4, -0.2) is 37.3 Å². The van der Waals surface area contributed by atoms with Crippen LogP contribution in [0.25, 0.3) is 0 Å². The number of thioether (sulfide) groups is 1. The van der Waals surface area contributed by atoms with Crippen molar-refractivity contribution < 1.29 is 9.53 Å². The lowest BCUT2D eigenvalue weighted by molar-refractivity contribution is 0.0690. The molecule has 0 saturated carbocycles. The van der Waals surface area contributed by atoms with Crippen LogP contribution in [0.15, 0.2) is 48.5 Å². The van der Waals surface area contributed by atoms with Crippen molar-refractivity contribution in [1.82, 2.24) is 4.90 Å². The second-order valence-corrected chi connectivity index (χ2v) is 7.78. The Morgan fingerprint density at radius 3 is 2.23 bits per heavy atom. The number of rotatable bonds is 6. The first-order valence-corrected chi connectivity index (χ1v) is 10.6. The van der Waals surface area contributed by atoms with Crippen molar-refractivity contribution in [3.05, 3.63) is 65.2 Å². The van der Waals surface area contributed by atoms with Crippen LogP contribution in [0.4, 0.5) is 0 Å². The number of benzene rings is 2. The molecule has 4 heteroatoms. The molecule has 138 valence electrons. The monoisotopic (exact) mass is 369 g/mol. The number of methoxy groups -OCH3 is 1. The normalized spacial score (nSPS) is 15.1. The number of hydrogen-bond acceptors (Lipinski definition) is 3. The number of hydrogen-bond donors (Lipinski definition) is 0. The minimum absolute atomic E-state index is 0.170. The first kappa shape index (κ1) is 18.8. The number of ether oxygens (including phenoxy) is 1. The number of piperidine rings is 1. The molecule has 0 atom stereocenters. The van der Waals surface area contributed by atoms with E-state index >= 15 is 0 Å². The van der Waals surface area contributed by atoms with Gasteiger partial charge in [-0.25, -0.2) is 0 Å². The first-order chi connectivity index (χ1) is 12.7. The Hall–Kier alpha value is -1.94. The summed E-state index contributed by atoms with van der Waals surface area (Å²) < 4.78 is 5.22. The highest BCUT2D eigenvalue weighted by Gasteiger charge is 2.23. The third-order valence-electron chi connectivity index (χ3n) is 5.10. The van der Waals surface area contributed by atoms with E-state index in [-0.39, 0.29) is 5.91 Å². The summed E-state index contributed by atoms with van der Waals surface area (Å²) in [6.45, 7) is 1.71. The highest BCUT2D eigenvalue weighted by molar-refractivity contribution is 7.97.